The van der Waals surface area contributed by atoms with Gasteiger partial charge in [0.2, 0.25) is 11.8 Å². The van der Waals surface area contributed by atoms with Crippen molar-refractivity contribution in [1.29, 1.82) is 0 Å². The van der Waals surface area contributed by atoms with Gasteiger partial charge in [-0.05, 0) is 57.0 Å². The summed E-state index contributed by atoms with van der Waals surface area (Å²) in [5, 5.41) is 6.09. The van der Waals surface area contributed by atoms with Crippen LogP contribution in [0.2, 0.25) is 0 Å². The van der Waals surface area contributed by atoms with Crippen LogP contribution in [0.25, 0.3) is 0 Å². The molecule has 11 heteroatoms. The Bertz CT molecular complexity index is 1210. The van der Waals surface area contributed by atoms with Crippen LogP contribution in [0.1, 0.15) is 42.0 Å². The lowest BCUT2D eigenvalue weighted by Crippen LogP contribution is -2.46. The Hall–Kier alpha value is -3.99. The van der Waals surface area contributed by atoms with Crippen molar-refractivity contribution in [1.82, 2.24) is 25.1 Å². The average Bonchev–Trinajstić information content (AvgIpc) is 2.88. The van der Waals surface area contributed by atoms with Crippen molar-refractivity contribution in [2.24, 2.45) is 5.73 Å². The van der Waals surface area contributed by atoms with Crippen molar-refractivity contribution in [3.05, 3.63) is 53.4 Å². The van der Waals surface area contributed by atoms with Gasteiger partial charge in [-0.1, -0.05) is 25.1 Å². The van der Waals surface area contributed by atoms with E-state index in [0.717, 1.165) is 25.2 Å². The Morgan fingerprint density at radius 3 is 2.54 bits per heavy atom. The minimum atomic E-state index is -0.659. The van der Waals surface area contributed by atoms with Crippen molar-refractivity contribution in [2.45, 2.75) is 39.2 Å². The lowest BCUT2D eigenvalue weighted by atomic mass is 10.1. The van der Waals surface area contributed by atoms with Gasteiger partial charge < -0.3 is 26.2 Å². The molecule has 39 heavy (non-hydrogen) atoms. The fraction of sp³-hybridized carbons (Fsp3) is 0.464. The summed E-state index contributed by atoms with van der Waals surface area (Å²) in [5.41, 5.74) is 8.04. The van der Waals surface area contributed by atoms with E-state index < -0.39 is 11.9 Å². The van der Waals surface area contributed by atoms with Crippen LogP contribution in [0.15, 0.2) is 36.4 Å². The van der Waals surface area contributed by atoms with Crippen molar-refractivity contribution in [3.8, 4) is 0 Å². The molecule has 4 N–H and O–H groups in total. The van der Waals surface area contributed by atoms with Gasteiger partial charge in [-0.25, -0.2) is 9.97 Å². The fourth-order valence-corrected chi connectivity index (χ4v) is 4.09. The highest BCUT2D eigenvalue weighted by Gasteiger charge is 2.21. The molecular weight excluding hydrogens is 496 g/mol. The van der Waals surface area contributed by atoms with E-state index in [1.807, 2.05) is 56.3 Å². The minimum Gasteiger partial charge on any atom is -0.364 e. The highest BCUT2D eigenvalue weighted by Crippen LogP contribution is 2.24. The number of anilines is 3. The minimum absolute atomic E-state index is 0.0816. The van der Waals surface area contributed by atoms with Crippen molar-refractivity contribution in [3.63, 3.8) is 0 Å². The lowest BCUT2D eigenvalue weighted by molar-refractivity contribution is -0.135. The number of likely N-dealkylation sites (N-methyl/N-ethyl adjacent to an activating group) is 1. The normalized spacial score (nSPS) is 14.0. The van der Waals surface area contributed by atoms with E-state index >= 15 is 0 Å². The Morgan fingerprint density at radius 2 is 1.92 bits per heavy atom. The van der Waals surface area contributed by atoms with Crippen LogP contribution < -0.4 is 21.3 Å². The van der Waals surface area contributed by atoms with Crippen molar-refractivity contribution < 1.29 is 14.4 Å². The van der Waals surface area contributed by atoms with Crippen LogP contribution >= 0.6 is 0 Å². The Labute approximate surface area is 230 Å². The molecule has 1 saturated heterocycles. The van der Waals surface area contributed by atoms with E-state index in [-0.39, 0.29) is 23.3 Å². The molecule has 1 fully saturated rings. The van der Waals surface area contributed by atoms with E-state index in [4.69, 9.17) is 5.73 Å². The molecule has 0 spiro atoms. The Kier molecular flexibility index (Phi) is 10.4. The molecule has 1 aliphatic rings. The second kappa shape index (κ2) is 13.7. The number of amides is 3. The number of nitrogens with two attached hydrogens (primary N) is 1. The number of nitrogens with zero attached hydrogens (tertiary/aromatic N) is 5. The van der Waals surface area contributed by atoms with Crippen molar-refractivity contribution in [2.75, 3.05) is 57.5 Å². The standard InChI is InChI=1S/C28H40N8O3/c1-6-22-27(34(3)4)33-26(24(32-22)25(29)38)31-21-11-7-10-20(18-21)13-14-30-28(39)19(2)35(5)23(37)12-8-15-36-16-9-17-36/h7-8,10-12,18-19H,6,9,13-17H2,1-5H3,(H2,29,38)(H,30,39)(H,31,33)/b12-8+/t19-/m0/s1. The third-order valence-corrected chi connectivity index (χ3v) is 6.72. The second-order valence-electron chi connectivity index (χ2n) is 9.85. The summed E-state index contributed by atoms with van der Waals surface area (Å²) >= 11 is 0. The van der Waals surface area contributed by atoms with Crippen molar-refractivity contribution >= 4 is 35.0 Å². The van der Waals surface area contributed by atoms with Gasteiger partial charge in [-0.15, -0.1) is 0 Å². The lowest BCUT2D eigenvalue weighted by Gasteiger charge is -2.29. The van der Waals surface area contributed by atoms with Crippen LogP contribution in [-0.2, 0) is 22.4 Å². The predicted molar refractivity (Wildman–Crippen MR) is 153 cm³/mol. The number of primary amides is 1. The summed E-state index contributed by atoms with van der Waals surface area (Å²) in [4.78, 5) is 51.7. The van der Waals surface area contributed by atoms with E-state index in [2.05, 4.69) is 25.5 Å². The van der Waals surface area contributed by atoms with Crippen LogP contribution in [0, 0.1) is 0 Å². The van der Waals surface area contributed by atoms with Gasteiger partial charge in [-0.2, -0.15) is 0 Å². The van der Waals surface area contributed by atoms with E-state index in [0.29, 0.717) is 36.6 Å². The first kappa shape index (κ1) is 29.6. The molecule has 1 atom stereocenters. The number of aromatic nitrogens is 2. The molecule has 3 amide bonds. The molecular formula is C28H40N8O3. The molecule has 2 heterocycles. The van der Waals surface area contributed by atoms with Gasteiger partial charge in [0.05, 0.1) is 5.69 Å². The molecule has 0 bridgehead atoms. The molecule has 3 rings (SSSR count). The first-order valence-corrected chi connectivity index (χ1v) is 13.3. The number of carbonyl (C=O) groups excluding carboxylic acids is 3. The van der Waals surface area contributed by atoms with Gasteiger partial charge in [0, 0.05) is 46.0 Å². The third kappa shape index (κ3) is 8.00. The highest BCUT2D eigenvalue weighted by molar-refractivity contribution is 5.96. The van der Waals surface area contributed by atoms with E-state index in [9.17, 15) is 14.4 Å². The smallest absolute Gasteiger partial charge is 0.271 e. The molecule has 0 radical (unpaired) electrons. The zero-order chi connectivity index (χ0) is 28.5. The fourth-order valence-electron chi connectivity index (χ4n) is 4.09. The molecule has 2 aromatic rings. The number of hydrogen-bond acceptors (Lipinski definition) is 8. The number of aryl methyl sites for hydroxylation is 1. The van der Waals surface area contributed by atoms with Crippen LogP contribution in [0.3, 0.4) is 0 Å². The molecule has 1 aromatic heterocycles. The molecule has 1 aromatic carbocycles. The average molecular weight is 537 g/mol. The Morgan fingerprint density at radius 1 is 1.18 bits per heavy atom. The van der Waals surface area contributed by atoms with Gasteiger partial charge in [-0.3, -0.25) is 19.3 Å². The molecule has 0 aliphatic carbocycles. The number of nitrogens with one attached hydrogen (secondary N) is 2. The molecule has 11 nitrogen and oxygen atoms in total. The van der Waals surface area contributed by atoms with Gasteiger partial charge in [0.25, 0.3) is 5.91 Å². The largest absolute Gasteiger partial charge is 0.364 e. The zero-order valence-corrected chi connectivity index (χ0v) is 23.5. The van der Waals surface area contributed by atoms with Crippen LogP contribution in [-0.4, -0.2) is 90.9 Å². The summed E-state index contributed by atoms with van der Waals surface area (Å²) in [5.74, 6) is -0.125. The van der Waals surface area contributed by atoms with E-state index in [1.54, 1.807) is 14.0 Å². The second-order valence-corrected chi connectivity index (χ2v) is 9.85. The highest BCUT2D eigenvalue weighted by atomic mass is 16.2. The number of carbonyl (C=O) groups is 3. The number of benzene rings is 1. The molecule has 0 unspecified atom stereocenters. The van der Waals surface area contributed by atoms with E-state index in [1.165, 1.54) is 17.4 Å². The quantitative estimate of drug-likeness (QED) is 0.329. The van der Waals surface area contributed by atoms with Gasteiger partial charge >= 0.3 is 0 Å². The SMILES string of the molecule is CCc1nc(C(N)=O)c(Nc2cccc(CCNC(=O)[C@H](C)N(C)C(=O)/C=C/CN3CCC3)c2)nc1N(C)C. The maximum absolute atomic E-state index is 12.7. The maximum atomic E-state index is 12.7. The molecule has 210 valence electrons. The van der Waals surface area contributed by atoms with Gasteiger partial charge in [0.15, 0.2) is 17.3 Å². The third-order valence-electron chi connectivity index (χ3n) is 6.72. The Balaban J connectivity index is 1.57. The summed E-state index contributed by atoms with van der Waals surface area (Å²) in [7, 11) is 5.37. The van der Waals surface area contributed by atoms with Crippen LogP contribution in [0.5, 0.6) is 0 Å². The summed E-state index contributed by atoms with van der Waals surface area (Å²) in [6, 6.07) is 7.01. The first-order chi connectivity index (χ1) is 18.6. The maximum Gasteiger partial charge on any atom is 0.271 e. The summed E-state index contributed by atoms with van der Waals surface area (Å²) in [6.07, 6.45) is 5.77. The number of hydrogen-bond donors (Lipinski definition) is 3. The number of likely N-dealkylation sites (tertiary alicyclic amines) is 1. The molecule has 1 aliphatic heterocycles. The van der Waals surface area contributed by atoms with Crippen LogP contribution in [0.4, 0.5) is 17.3 Å². The topological polar surface area (TPSA) is 137 Å². The first-order valence-electron chi connectivity index (χ1n) is 13.3. The zero-order valence-electron chi connectivity index (χ0n) is 23.5. The monoisotopic (exact) mass is 536 g/mol. The number of rotatable bonds is 13. The van der Waals surface area contributed by atoms with Gasteiger partial charge in [0.1, 0.15) is 6.04 Å². The predicted octanol–water partition coefficient (Wildman–Crippen LogP) is 1.72. The molecule has 0 saturated carbocycles. The summed E-state index contributed by atoms with van der Waals surface area (Å²) < 4.78 is 0. The summed E-state index contributed by atoms with van der Waals surface area (Å²) in [6.45, 7) is 6.95.